The molecule has 0 spiro atoms. The molecule has 0 unspecified atom stereocenters. The van der Waals surface area contributed by atoms with E-state index in [1.807, 2.05) is 50.2 Å². The lowest BCUT2D eigenvalue weighted by Gasteiger charge is -2.11. The summed E-state index contributed by atoms with van der Waals surface area (Å²) in [7, 11) is 0. The van der Waals surface area contributed by atoms with E-state index in [0.717, 1.165) is 17.0 Å². The van der Waals surface area contributed by atoms with Gasteiger partial charge in [-0.25, -0.2) is 9.97 Å². The third kappa shape index (κ3) is 5.69. The standard InChI is InChI=1S/C21H21ClN4O2/c1-14(2)28-18-9-7-17(8-10-18)26-20-11-19(24-13-25-20)21(27)23-12-15-3-5-16(22)6-4-15/h3-11,13-14H,12H2,1-2H3,(H,23,27)(H,24,25,26). The van der Waals surface area contributed by atoms with Crippen LogP contribution < -0.4 is 15.4 Å². The predicted molar refractivity (Wildman–Crippen MR) is 110 cm³/mol. The number of amides is 1. The first-order valence-electron chi connectivity index (χ1n) is 8.88. The van der Waals surface area contributed by atoms with Crippen LogP contribution in [0.15, 0.2) is 60.9 Å². The Hall–Kier alpha value is -3.12. The van der Waals surface area contributed by atoms with Crippen molar-refractivity contribution in [2.24, 2.45) is 0 Å². The maximum Gasteiger partial charge on any atom is 0.270 e. The molecular weight excluding hydrogens is 376 g/mol. The van der Waals surface area contributed by atoms with E-state index in [-0.39, 0.29) is 17.7 Å². The molecule has 0 radical (unpaired) electrons. The van der Waals surface area contributed by atoms with Crippen LogP contribution in [0.25, 0.3) is 0 Å². The fraction of sp³-hybridized carbons (Fsp3) is 0.190. The Balaban J connectivity index is 1.61. The van der Waals surface area contributed by atoms with Crippen molar-refractivity contribution in [3.63, 3.8) is 0 Å². The van der Waals surface area contributed by atoms with Gasteiger partial charge < -0.3 is 15.4 Å². The lowest BCUT2D eigenvalue weighted by Crippen LogP contribution is -2.24. The van der Waals surface area contributed by atoms with E-state index in [1.54, 1.807) is 18.2 Å². The average Bonchev–Trinajstić information content (AvgIpc) is 2.69. The van der Waals surface area contributed by atoms with Gasteiger partial charge in [0, 0.05) is 23.3 Å². The van der Waals surface area contributed by atoms with E-state index in [9.17, 15) is 4.79 Å². The molecule has 1 aromatic heterocycles. The molecule has 7 heteroatoms. The summed E-state index contributed by atoms with van der Waals surface area (Å²) in [5, 5.41) is 6.65. The largest absolute Gasteiger partial charge is 0.491 e. The number of carbonyl (C=O) groups is 1. The third-order valence-electron chi connectivity index (χ3n) is 3.76. The van der Waals surface area contributed by atoms with E-state index < -0.39 is 0 Å². The fourth-order valence-electron chi connectivity index (χ4n) is 2.46. The molecule has 144 valence electrons. The summed E-state index contributed by atoms with van der Waals surface area (Å²) < 4.78 is 5.63. The van der Waals surface area contributed by atoms with Gasteiger partial charge in [-0.15, -0.1) is 0 Å². The molecule has 1 heterocycles. The van der Waals surface area contributed by atoms with Gasteiger partial charge in [0.15, 0.2) is 0 Å². The number of hydrogen-bond acceptors (Lipinski definition) is 5. The number of nitrogens with zero attached hydrogens (tertiary/aromatic N) is 2. The highest BCUT2D eigenvalue weighted by Gasteiger charge is 2.09. The van der Waals surface area contributed by atoms with Crippen molar-refractivity contribution < 1.29 is 9.53 Å². The lowest BCUT2D eigenvalue weighted by atomic mass is 10.2. The molecule has 0 aliphatic heterocycles. The molecule has 2 aromatic carbocycles. The highest BCUT2D eigenvalue weighted by molar-refractivity contribution is 6.30. The van der Waals surface area contributed by atoms with Gasteiger partial charge in [0.2, 0.25) is 0 Å². The molecule has 1 amide bonds. The number of halogens is 1. The highest BCUT2D eigenvalue weighted by Crippen LogP contribution is 2.20. The number of ether oxygens (including phenoxy) is 1. The summed E-state index contributed by atoms with van der Waals surface area (Å²) in [5.41, 5.74) is 2.07. The van der Waals surface area contributed by atoms with Crippen LogP contribution >= 0.6 is 11.6 Å². The summed E-state index contributed by atoms with van der Waals surface area (Å²) in [6.07, 6.45) is 1.48. The van der Waals surface area contributed by atoms with Crippen LogP contribution in [0.5, 0.6) is 5.75 Å². The van der Waals surface area contributed by atoms with Crippen LogP contribution in [0.1, 0.15) is 29.9 Å². The predicted octanol–water partition coefficient (Wildman–Crippen LogP) is 4.59. The Kier molecular flexibility index (Phi) is 6.45. The van der Waals surface area contributed by atoms with Crippen LogP contribution in [0, 0.1) is 0 Å². The number of anilines is 2. The minimum Gasteiger partial charge on any atom is -0.491 e. The van der Waals surface area contributed by atoms with Gasteiger partial charge in [0.25, 0.3) is 5.91 Å². The normalized spacial score (nSPS) is 10.6. The van der Waals surface area contributed by atoms with Crippen LogP contribution in [0.3, 0.4) is 0 Å². The molecular formula is C21H21ClN4O2. The van der Waals surface area contributed by atoms with Crippen molar-refractivity contribution in [2.45, 2.75) is 26.5 Å². The summed E-state index contributed by atoms with van der Waals surface area (Å²) in [4.78, 5) is 20.6. The van der Waals surface area contributed by atoms with Crippen molar-refractivity contribution in [3.8, 4) is 5.75 Å². The van der Waals surface area contributed by atoms with Gasteiger partial charge in [-0.2, -0.15) is 0 Å². The Morgan fingerprint density at radius 3 is 2.46 bits per heavy atom. The van der Waals surface area contributed by atoms with Crippen LogP contribution in [-0.4, -0.2) is 22.0 Å². The monoisotopic (exact) mass is 396 g/mol. The van der Waals surface area contributed by atoms with Gasteiger partial charge in [0.1, 0.15) is 23.6 Å². The van der Waals surface area contributed by atoms with Crippen LogP contribution in [0.4, 0.5) is 11.5 Å². The van der Waals surface area contributed by atoms with Gasteiger partial charge in [0.05, 0.1) is 6.10 Å². The number of hydrogen-bond donors (Lipinski definition) is 2. The van der Waals surface area contributed by atoms with Crippen molar-refractivity contribution in [1.82, 2.24) is 15.3 Å². The van der Waals surface area contributed by atoms with E-state index in [1.165, 1.54) is 6.33 Å². The molecule has 0 saturated carbocycles. The van der Waals surface area contributed by atoms with Gasteiger partial charge in [-0.05, 0) is 55.8 Å². The van der Waals surface area contributed by atoms with Crippen LogP contribution in [-0.2, 0) is 6.54 Å². The van der Waals surface area contributed by atoms with Crippen molar-refractivity contribution in [2.75, 3.05) is 5.32 Å². The average molecular weight is 397 g/mol. The van der Waals surface area contributed by atoms with E-state index in [4.69, 9.17) is 16.3 Å². The molecule has 3 rings (SSSR count). The Morgan fingerprint density at radius 2 is 1.79 bits per heavy atom. The number of carbonyl (C=O) groups excluding carboxylic acids is 1. The van der Waals surface area contributed by atoms with Gasteiger partial charge >= 0.3 is 0 Å². The van der Waals surface area contributed by atoms with Crippen molar-refractivity contribution in [1.29, 1.82) is 0 Å². The third-order valence-corrected chi connectivity index (χ3v) is 4.02. The molecule has 6 nitrogen and oxygen atoms in total. The summed E-state index contributed by atoms with van der Waals surface area (Å²) in [6, 6.07) is 16.4. The van der Waals surface area contributed by atoms with E-state index in [0.29, 0.717) is 17.4 Å². The lowest BCUT2D eigenvalue weighted by molar-refractivity contribution is 0.0946. The SMILES string of the molecule is CC(C)Oc1ccc(Nc2cc(C(=O)NCc3ccc(Cl)cc3)ncn2)cc1. The Bertz CT molecular complexity index is 928. The number of benzene rings is 2. The van der Waals surface area contributed by atoms with Crippen molar-refractivity contribution >= 4 is 29.0 Å². The first-order chi connectivity index (χ1) is 13.5. The van der Waals surface area contributed by atoms with Crippen molar-refractivity contribution in [3.05, 3.63) is 77.2 Å². The second-order valence-electron chi connectivity index (χ2n) is 6.41. The Morgan fingerprint density at radius 1 is 1.07 bits per heavy atom. The number of rotatable bonds is 7. The molecule has 2 N–H and O–H groups in total. The zero-order chi connectivity index (χ0) is 19.9. The molecule has 28 heavy (non-hydrogen) atoms. The molecule has 0 aliphatic rings. The topological polar surface area (TPSA) is 76.1 Å². The molecule has 0 atom stereocenters. The van der Waals surface area contributed by atoms with E-state index in [2.05, 4.69) is 20.6 Å². The summed E-state index contributed by atoms with van der Waals surface area (Å²) in [6.45, 7) is 4.35. The maximum absolute atomic E-state index is 12.4. The van der Waals surface area contributed by atoms with Gasteiger partial charge in [-0.1, -0.05) is 23.7 Å². The maximum atomic E-state index is 12.4. The number of aromatic nitrogens is 2. The second-order valence-corrected chi connectivity index (χ2v) is 6.85. The van der Waals surface area contributed by atoms with Crippen LogP contribution in [0.2, 0.25) is 5.02 Å². The fourth-order valence-corrected chi connectivity index (χ4v) is 2.59. The highest BCUT2D eigenvalue weighted by atomic mass is 35.5. The molecule has 0 bridgehead atoms. The smallest absolute Gasteiger partial charge is 0.270 e. The van der Waals surface area contributed by atoms with E-state index >= 15 is 0 Å². The second kappa shape index (κ2) is 9.19. The molecule has 3 aromatic rings. The Labute approximate surface area is 168 Å². The number of nitrogens with one attached hydrogen (secondary N) is 2. The molecule has 0 saturated heterocycles. The minimum absolute atomic E-state index is 0.120. The minimum atomic E-state index is -0.277. The quantitative estimate of drug-likeness (QED) is 0.610. The summed E-state index contributed by atoms with van der Waals surface area (Å²) >= 11 is 5.87. The molecule has 0 fully saturated rings. The zero-order valence-corrected chi connectivity index (χ0v) is 16.4. The van der Waals surface area contributed by atoms with Gasteiger partial charge in [-0.3, -0.25) is 4.79 Å². The molecule has 0 aliphatic carbocycles. The first kappa shape index (κ1) is 19.6. The first-order valence-corrected chi connectivity index (χ1v) is 9.26. The zero-order valence-electron chi connectivity index (χ0n) is 15.6. The summed E-state index contributed by atoms with van der Waals surface area (Å²) in [5.74, 6) is 1.05.